The molecule has 6 nitrogen and oxygen atoms in total. The summed E-state index contributed by atoms with van der Waals surface area (Å²) in [6.07, 6.45) is 2.18. The summed E-state index contributed by atoms with van der Waals surface area (Å²) >= 11 is 0. The van der Waals surface area contributed by atoms with E-state index in [-0.39, 0.29) is 0 Å². The lowest BCUT2D eigenvalue weighted by molar-refractivity contribution is 0.399. The third-order valence-electron chi connectivity index (χ3n) is 2.80. The van der Waals surface area contributed by atoms with Crippen LogP contribution < -0.4 is 15.8 Å². The normalized spacial score (nSPS) is 15.0. The Bertz CT molecular complexity index is 502. The zero-order valence-electron chi connectivity index (χ0n) is 10.8. The van der Waals surface area contributed by atoms with Gasteiger partial charge in [-0.15, -0.1) is 0 Å². The highest BCUT2D eigenvalue weighted by atomic mass is 16.5. The molecule has 1 fully saturated rings. The van der Waals surface area contributed by atoms with Gasteiger partial charge in [0.1, 0.15) is 11.2 Å². The van der Waals surface area contributed by atoms with Crippen molar-refractivity contribution in [3.05, 3.63) is 5.69 Å². The maximum atomic E-state index is 9.00. The molecule has 1 heterocycles. The standard InChI is InChI=1S/C12H17N5O/c1-12(2,6-13)17-11-15-9(7-4-5-7)8(14)10(16-11)18-3/h7H,4-5,14H2,1-3H3,(H,15,16,17). The van der Waals surface area contributed by atoms with Gasteiger partial charge in [-0.1, -0.05) is 0 Å². The first kappa shape index (κ1) is 12.4. The Morgan fingerprint density at radius 3 is 2.61 bits per heavy atom. The van der Waals surface area contributed by atoms with Gasteiger partial charge >= 0.3 is 0 Å². The average Bonchev–Trinajstić information content (AvgIpc) is 3.15. The first-order chi connectivity index (χ1) is 8.46. The Labute approximate surface area is 106 Å². The van der Waals surface area contributed by atoms with E-state index in [4.69, 9.17) is 15.7 Å². The molecule has 0 amide bonds. The summed E-state index contributed by atoms with van der Waals surface area (Å²) in [4.78, 5) is 8.57. The number of nitrogens with two attached hydrogens (primary N) is 1. The number of hydrogen-bond donors (Lipinski definition) is 2. The maximum absolute atomic E-state index is 9.00. The van der Waals surface area contributed by atoms with E-state index in [1.54, 1.807) is 13.8 Å². The Morgan fingerprint density at radius 2 is 2.11 bits per heavy atom. The maximum Gasteiger partial charge on any atom is 0.242 e. The van der Waals surface area contributed by atoms with Gasteiger partial charge in [0, 0.05) is 5.92 Å². The summed E-state index contributed by atoms with van der Waals surface area (Å²) in [7, 11) is 1.52. The monoisotopic (exact) mass is 247 g/mol. The van der Waals surface area contributed by atoms with Crippen LogP contribution in [0.15, 0.2) is 0 Å². The number of nitrogens with zero attached hydrogens (tertiary/aromatic N) is 3. The van der Waals surface area contributed by atoms with Crippen molar-refractivity contribution in [2.45, 2.75) is 38.1 Å². The van der Waals surface area contributed by atoms with E-state index in [1.165, 1.54) is 7.11 Å². The zero-order chi connectivity index (χ0) is 13.3. The molecule has 0 saturated heterocycles. The number of aromatic nitrogens is 2. The van der Waals surface area contributed by atoms with Crippen LogP contribution in [0.1, 0.15) is 38.3 Å². The van der Waals surface area contributed by atoms with Gasteiger partial charge in [0.15, 0.2) is 0 Å². The van der Waals surface area contributed by atoms with E-state index in [2.05, 4.69) is 21.4 Å². The number of hydrogen-bond acceptors (Lipinski definition) is 6. The van der Waals surface area contributed by atoms with Crippen molar-refractivity contribution >= 4 is 11.6 Å². The summed E-state index contributed by atoms with van der Waals surface area (Å²) in [5.74, 6) is 1.14. The topological polar surface area (TPSA) is 96.8 Å². The second kappa shape index (κ2) is 4.33. The molecular formula is C12H17N5O. The highest BCUT2D eigenvalue weighted by Crippen LogP contribution is 2.43. The molecule has 18 heavy (non-hydrogen) atoms. The molecule has 0 bridgehead atoms. The van der Waals surface area contributed by atoms with Gasteiger partial charge in [0.05, 0.1) is 18.9 Å². The molecule has 1 aromatic rings. The molecule has 0 radical (unpaired) electrons. The number of methoxy groups -OCH3 is 1. The Hall–Kier alpha value is -2.03. The Kier molecular flexibility index (Phi) is 2.99. The molecule has 0 atom stereocenters. The van der Waals surface area contributed by atoms with Crippen molar-refractivity contribution in [1.82, 2.24) is 9.97 Å². The third kappa shape index (κ3) is 2.45. The lowest BCUT2D eigenvalue weighted by atomic mass is 10.1. The van der Waals surface area contributed by atoms with Crippen molar-refractivity contribution in [3.63, 3.8) is 0 Å². The van der Waals surface area contributed by atoms with Crippen LogP contribution in [0.4, 0.5) is 11.6 Å². The van der Waals surface area contributed by atoms with E-state index in [0.29, 0.717) is 23.4 Å². The van der Waals surface area contributed by atoms with Gasteiger partial charge < -0.3 is 15.8 Å². The van der Waals surface area contributed by atoms with Gasteiger partial charge in [-0.2, -0.15) is 10.2 Å². The molecule has 0 aliphatic heterocycles. The summed E-state index contributed by atoms with van der Waals surface area (Å²) in [5, 5.41) is 12.0. The van der Waals surface area contributed by atoms with Gasteiger partial charge in [-0.3, -0.25) is 0 Å². The smallest absolute Gasteiger partial charge is 0.242 e. The summed E-state index contributed by atoms with van der Waals surface area (Å²) in [6, 6.07) is 2.14. The van der Waals surface area contributed by atoms with Crippen LogP contribution >= 0.6 is 0 Å². The van der Waals surface area contributed by atoms with E-state index >= 15 is 0 Å². The minimum atomic E-state index is -0.734. The molecule has 3 N–H and O–H groups in total. The van der Waals surface area contributed by atoms with Crippen LogP contribution in [-0.2, 0) is 0 Å². The second-order valence-corrected chi connectivity index (χ2v) is 4.99. The van der Waals surface area contributed by atoms with Gasteiger partial charge in [0.2, 0.25) is 11.8 Å². The molecule has 0 aromatic carbocycles. The van der Waals surface area contributed by atoms with Gasteiger partial charge in [-0.25, -0.2) is 4.98 Å². The van der Waals surface area contributed by atoms with Crippen molar-refractivity contribution < 1.29 is 4.74 Å². The van der Waals surface area contributed by atoms with Crippen LogP contribution in [0.25, 0.3) is 0 Å². The van der Waals surface area contributed by atoms with Crippen molar-refractivity contribution in [1.29, 1.82) is 5.26 Å². The number of nitriles is 1. The van der Waals surface area contributed by atoms with E-state index in [0.717, 1.165) is 18.5 Å². The predicted molar refractivity (Wildman–Crippen MR) is 68.3 cm³/mol. The molecule has 6 heteroatoms. The quantitative estimate of drug-likeness (QED) is 0.839. The largest absolute Gasteiger partial charge is 0.479 e. The molecule has 96 valence electrons. The Morgan fingerprint density at radius 1 is 1.44 bits per heavy atom. The molecule has 0 unspecified atom stereocenters. The number of nitrogens with one attached hydrogen (secondary N) is 1. The fraction of sp³-hybridized carbons (Fsp3) is 0.583. The van der Waals surface area contributed by atoms with Crippen LogP contribution in [0.3, 0.4) is 0 Å². The van der Waals surface area contributed by atoms with Gasteiger partial charge in [-0.05, 0) is 26.7 Å². The van der Waals surface area contributed by atoms with Crippen LogP contribution in [0, 0.1) is 11.3 Å². The van der Waals surface area contributed by atoms with Crippen molar-refractivity contribution in [2.24, 2.45) is 0 Å². The van der Waals surface area contributed by atoms with Gasteiger partial charge in [0.25, 0.3) is 0 Å². The summed E-state index contributed by atoms with van der Waals surface area (Å²) in [6.45, 7) is 3.52. The molecule has 2 rings (SSSR count). The highest BCUT2D eigenvalue weighted by Gasteiger charge is 2.30. The number of rotatable bonds is 4. The molecule has 1 aliphatic carbocycles. The fourth-order valence-corrected chi connectivity index (χ4v) is 1.65. The number of ether oxygens (including phenoxy) is 1. The number of anilines is 2. The third-order valence-corrected chi connectivity index (χ3v) is 2.80. The van der Waals surface area contributed by atoms with Crippen LogP contribution in [-0.4, -0.2) is 22.6 Å². The van der Waals surface area contributed by atoms with E-state index in [1.807, 2.05) is 0 Å². The summed E-state index contributed by atoms with van der Waals surface area (Å²) < 4.78 is 5.15. The SMILES string of the molecule is COc1nc(NC(C)(C)C#N)nc(C2CC2)c1N. The van der Waals surface area contributed by atoms with Crippen LogP contribution in [0.2, 0.25) is 0 Å². The lowest BCUT2D eigenvalue weighted by Crippen LogP contribution is -2.30. The molecule has 1 aromatic heterocycles. The van der Waals surface area contributed by atoms with E-state index in [9.17, 15) is 0 Å². The minimum Gasteiger partial charge on any atom is -0.479 e. The fourth-order valence-electron chi connectivity index (χ4n) is 1.65. The first-order valence-corrected chi connectivity index (χ1v) is 5.87. The molecule has 1 aliphatic rings. The first-order valence-electron chi connectivity index (χ1n) is 5.87. The second-order valence-electron chi connectivity index (χ2n) is 4.99. The van der Waals surface area contributed by atoms with Crippen molar-refractivity contribution in [2.75, 3.05) is 18.2 Å². The molecule has 1 saturated carbocycles. The average molecular weight is 247 g/mol. The Balaban J connectivity index is 2.37. The minimum absolute atomic E-state index is 0.364. The number of nitrogen functional groups attached to an aromatic ring is 1. The van der Waals surface area contributed by atoms with E-state index < -0.39 is 5.54 Å². The molecular weight excluding hydrogens is 230 g/mol. The molecule has 0 spiro atoms. The predicted octanol–water partition coefficient (Wildman–Crippen LogP) is 1.66. The highest BCUT2D eigenvalue weighted by molar-refractivity contribution is 5.57. The zero-order valence-corrected chi connectivity index (χ0v) is 10.8. The lowest BCUT2D eigenvalue weighted by Gasteiger charge is -2.19. The van der Waals surface area contributed by atoms with Crippen LogP contribution in [0.5, 0.6) is 5.88 Å². The van der Waals surface area contributed by atoms with Crippen molar-refractivity contribution in [3.8, 4) is 11.9 Å². The summed E-state index contributed by atoms with van der Waals surface area (Å²) in [5.41, 5.74) is 6.54.